The molecule has 0 unspecified atom stereocenters. The topological polar surface area (TPSA) is 12.9 Å². The van der Waals surface area contributed by atoms with E-state index in [0.717, 1.165) is 12.1 Å². The largest absolute Gasteiger partial charge is 0.416 e. The fourth-order valence-electron chi connectivity index (χ4n) is 1.21. The van der Waals surface area contributed by atoms with E-state index in [1.54, 1.807) is 0 Å². The number of fused-ring (bicyclic) bond motifs is 1. The average Bonchev–Trinajstić information content (AvgIpc) is 2.58. The van der Waals surface area contributed by atoms with Gasteiger partial charge in [0.15, 0.2) is 4.84 Å². The van der Waals surface area contributed by atoms with E-state index in [1.165, 1.54) is 17.4 Å². The van der Waals surface area contributed by atoms with Crippen molar-refractivity contribution in [2.75, 3.05) is 0 Å². The molecule has 1 nitrogen and oxygen atoms in total. The Morgan fingerprint density at radius 3 is 2.50 bits per heavy atom. The maximum Gasteiger partial charge on any atom is 0.416 e. The normalized spacial score (nSPS) is 12.6. The molecule has 0 aliphatic rings. The van der Waals surface area contributed by atoms with Gasteiger partial charge in [0.05, 0.1) is 15.8 Å². The van der Waals surface area contributed by atoms with Crippen LogP contribution in [0, 0.1) is 0 Å². The molecule has 0 aliphatic heterocycles. The molecule has 0 bridgehead atoms. The molecule has 0 atom stereocenters. The predicted molar refractivity (Wildman–Crippen MR) is 59.1 cm³/mol. The van der Waals surface area contributed by atoms with Crippen LogP contribution in [0.15, 0.2) is 18.2 Å². The smallest absolute Gasteiger partial charge is 0.238 e. The van der Waals surface area contributed by atoms with Gasteiger partial charge in [0.25, 0.3) is 0 Å². The highest BCUT2D eigenvalue weighted by molar-refractivity contribution is 7.19. The summed E-state index contributed by atoms with van der Waals surface area (Å²) in [5.41, 5.74) is -0.460. The summed E-state index contributed by atoms with van der Waals surface area (Å²) in [6.07, 6.45) is -4.36. The fraction of sp³-hybridized carbons (Fsp3) is 0.222. The highest BCUT2D eigenvalue weighted by Gasteiger charge is 2.30. The van der Waals surface area contributed by atoms with Crippen LogP contribution in [0.3, 0.4) is 0 Å². The molecule has 0 aliphatic carbocycles. The number of halogens is 5. The first-order valence-electron chi connectivity index (χ1n) is 4.14. The summed E-state index contributed by atoms with van der Waals surface area (Å²) in [7, 11) is 0. The maximum atomic E-state index is 12.4. The van der Waals surface area contributed by atoms with Gasteiger partial charge in [-0.15, -0.1) is 11.3 Å². The van der Waals surface area contributed by atoms with Crippen LogP contribution in [-0.4, -0.2) is 4.98 Å². The summed E-state index contributed by atoms with van der Waals surface area (Å²) in [6.45, 7) is 0. The minimum absolute atomic E-state index is 0.265. The Morgan fingerprint density at radius 2 is 1.94 bits per heavy atom. The predicted octanol–water partition coefficient (Wildman–Crippen LogP) is 4.79. The molecule has 1 heterocycles. The van der Waals surface area contributed by atoms with Crippen LogP contribution in [0.5, 0.6) is 0 Å². The number of benzene rings is 1. The molecule has 0 spiro atoms. The van der Waals surface area contributed by atoms with Gasteiger partial charge in [0.2, 0.25) is 0 Å². The lowest BCUT2D eigenvalue weighted by molar-refractivity contribution is -0.137. The number of nitrogens with zero attached hydrogens (tertiary/aromatic N) is 1. The van der Waals surface area contributed by atoms with E-state index in [2.05, 4.69) is 4.98 Å². The van der Waals surface area contributed by atoms with Crippen molar-refractivity contribution in [2.24, 2.45) is 0 Å². The van der Waals surface area contributed by atoms with Gasteiger partial charge in [-0.2, -0.15) is 13.2 Å². The molecule has 16 heavy (non-hydrogen) atoms. The number of hydrogen-bond donors (Lipinski definition) is 0. The van der Waals surface area contributed by atoms with Crippen molar-refractivity contribution in [1.82, 2.24) is 4.98 Å². The zero-order valence-corrected chi connectivity index (χ0v) is 9.88. The van der Waals surface area contributed by atoms with Gasteiger partial charge >= 0.3 is 6.18 Å². The second-order valence-electron chi connectivity index (χ2n) is 3.03. The number of rotatable bonds is 1. The second-order valence-corrected chi connectivity index (χ2v) is 5.19. The lowest BCUT2D eigenvalue weighted by atomic mass is 10.2. The van der Waals surface area contributed by atoms with Gasteiger partial charge in [-0.3, -0.25) is 0 Å². The van der Waals surface area contributed by atoms with Gasteiger partial charge in [-0.25, -0.2) is 4.98 Å². The van der Waals surface area contributed by atoms with Crippen LogP contribution < -0.4 is 0 Å². The molecule has 0 fully saturated rings. The van der Waals surface area contributed by atoms with Crippen molar-refractivity contribution in [3.63, 3.8) is 0 Å². The molecule has 0 radical (unpaired) electrons. The van der Waals surface area contributed by atoms with Crippen molar-refractivity contribution < 1.29 is 13.2 Å². The summed E-state index contributed by atoms with van der Waals surface area (Å²) in [5.74, 6) is 0. The van der Waals surface area contributed by atoms with E-state index < -0.39 is 16.6 Å². The van der Waals surface area contributed by atoms with E-state index in [0.29, 0.717) is 9.71 Å². The zero-order valence-electron chi connectivity index (χ0n) is 7.55. The van der Waals surface area contributed by atoms with Gasteiger partial charge < -0.3 is 0 Å². The van der Waals surface area contributed by atoms with Gasteiger partial charge in [-0.05, 0) is 18.2 Å². The van der Waals surface area contributed by atoms with Crippen LogP contribution in [0.1, 0.15) is 15.4 Å². The molecule has 7 heteroatoms. The average molecular weight is 286 g/mol. The molecule has 86 valence electrons. The van der Waals surface area contributed by atoms with E-state index in [9.17, 15) is 13.2 Å². The minimum Gasteiger partial charge on any atom is -0.238 e. The molecule has 1 aromatic carbocycles. The summed E-state index contributed by atoms with van der Waals surface area (Å²) in [4.78, 5) is 3.13. The summed E-state index contributed by atoms with van der Waals surface area (Å²) in [6, 6.07) is 3.38. The molecular formula is C9H4Cl2F3NS. The van der Waals surface area contributed by atoms with E-state index in [1.807, 2.05) is 0 Å². The Balaban J connectivity index is 2.54. The van der Waals surface area contributed by atoms with Gasteiger partial charge in [0.1, 0.15) is 5.01 Å². The summed E-state index contributed by atoms with van der Waals surface area (Å²) < 4.78 is 37.8. The quantitative estimate of drug-likeness (QED) is 0.687. The third-order valence-corrected chi connectivity index (χ3v) is 3.69. The lowest BCUT2D eigenvalue weighted by Gasteiger charge is -2.04. The fourth-order valence-corrected chi connectivity index (χ4v) is 2.38. The first-order chi connectivity index (χ1) is 7.38. The molecule has 2 aromatic rings. The first-order valence-corrected chi connectivity index (χ1v) is 5.82. The van der Waals surface area contributed by atoms with Crippen LogP contribution in [-0.2, 0) is 6.18 Å². The Hall–Kier alpha value is -0.520. The highest BCUT2D eigenvalue weighted by atomic mass is 35.5. The van der Waals surface area contributed by atoms with Crippen molar-refractivity contribution in [2.45, 2.75) is 11.0 Å². The third kappa shape index (κ3) is 2.26. The van der Waals surface area contributed by atoms with E-state index in [4.69, 9.17) is 23.2 Å². The molecule has 1 aromatic heterocycles. The van der Waals surface area contributed by atoms with Crippen LogP contribution in [0.2, 0.25) is 0 Å². The Morgan fingerprint density at radius 1 is 1.25 bits per heavy atom. The van der Waals surface area contributed by atoms with E-state index >= 15 is 0 Å². The van der Waals surface area contributed by atoms with Crippen molar-refractivity contribution in [1.29, 1.82) is 0 Å². The minimum atomic E-state index is -4.36. The molecule has 0 N–H and O–H groups in total. The second kappa shape index (κ2) is 4.05. The Bertz CT molecular complexity index is 521. The molecular weight excluding hydrogens is 282 g/mol. The van der Waals surface area contributed by atoms with E-state index in [-0.39, 0.29) is 5.52 Å². The van der Waals surface area contributed by atoms with Crippen LogP contribution >= 0.6 is 34.5 Å². The Kier molecular flexibility index (Phi) is 3.03. The molecule has 0 amide bonds. The Labute approximate surface area is 103 Å². The van der Waals surface area contributed by atoms with Gasteiger partial charge in [-0.1, -0.05) is 23.2 Å². The number of alkyl halides is 5. The monoisotopic (exact) mass is 285 g/mol. The first kappa shape index (κ1) is 12.0. The summed E-state index contributed by atoms with van der Waals surface area (Å²) >= 11 is 12.4. The molecule has 0 saturated heterocycles. The third-order valence-electron chi connectivity index (χ3n) is 1.92. The maximum absolute atomic E-state index is 12.4. The molecule has 0 saturated carbocycles. The summed E-state index contributed by atoms with van der Waals surface area (Å²) in [5, 5.41) is 0.401. The SMILES string of the molecule is FC(F)(F)c1ccc2sc(C(Cl)Cl)nc2c1. The van der Waals surface area contributed by atoms with Crippen LogP contribution in [0.4, 0.5) is 13.2 Å². The van der Waals surface area contributed by atoms with Crippen molar-refractivity contribution in [3.05, 3.63) is 28.8 Å². The highest BCUT2D eigenvalue weighted by Crippen LogP contribution is 2.36. The number of thiazole rings is 1. The molecule has 2 rings (SSSR count). The zero-order chi connectivity index (χ0) is 11.9. The standard InChI is InChI=1S/C9H4Cl2F3NS/c10-7(11)8-15-5-3-4(9(12,13)14)1-2-6(5)16-8/h1-3,7H. The van der Waals surface area contributed by atoms with Gasteiger partial charge in [0, 0.05) is 0 Å². The number of hydrogen-bond acceptors (Lipinski definition) is 2. The van der Waals surface area contributed by atoms with Crippen molar-refractivity contribution in [3.8, 4) is 0 Å². The van der Waals surface area contributed by atoms with Crippen molar-refractivity contribution >= 4 is 44.8 Å². The number of aromatic nitrogens is 1. The van der Waals surface area contributed by atoms with Crippen LogP contribution in [0.25, 0.3) is 10.2 Å². The lowest BCUT2D eigenvalue weighted by Crippen LogP contribution is -2.03.